The van der Waals surface area contributed by atoms with Gasteiger partial charge in [0.25, 0.3) is 5.91 Å². The maximum Gasteiger partial charge on any atom is 0.251 e. The second-order valence-electron chi connectivity index (χ2n) is 8.90. The van der Waals surface area contributed by atoms with Crippen LogP contribution in [0.1, 0.15) is 47.2 Å². The molecule has 1 saturated carbocycles. The number of benzene rings is 2. The first-order valence-electron chi connectivity index (χ1n) is 11.1. The fourth-order valence-corrected chi connectivity index (χ4v) is 4.71. The molecule has 31 heavy (non-hydrogen) atoms. The van der Waals surface area contributed by atoms with Crippen LogP contribution in [0.25, 0.3) is 0 Å². The summed E-state index contributed by atoms with van der Waals surface area (Å²) in [6, 6.07) is 17.8. The lowest BCUT2D eigenvalue weighted by molar-refractivity contribution is -0.122. The van der Waals surface area contributed by atoms with Gasteiger partial charge >= 0.3 is 0 Å². The van der Waals surface area contributed by atoms with Crippen molar-refractivity contribution < 1.29 is 14.7 Å². The Bertz CT molecular complexity index is 917. The van der Waals surface area contributed by atoms with Gasteiger partial charge in [-0.1, -0.05) is 48.0 Å². The number of hydrogen-bond acceptors (Lipinski definition) is 4. The largest absolute Gasteiger partial charge is 0.385 e. The summed E-state index contributed by atoms with van der Waals surface area (Å²) >= 11 is 0. The first-order valence-corrected chi connectivity index (χ1v) is 11.1. The zero-order valence-electron chi connectivity index (χ0n) is 18.0. The lowest BCUT2D eigenvalue weighted by atomic mass is 9.76. The van der Waals surface area contributed by atoms with Crippen LogP contribution in [-0.4, -0.2) is 53.5 Å². The number of carbonyl (C=O) groups excluding carboxylic acids is 2. The number of amides is 2. The normalized spacial score (nSPS) is 24.3. The van der Waals surface area contributed by atoms with E-state index in [-0.39, 0.29) is 24.4 Å². The van der Waals surface area contributed by atoms with Gasteiger partial charge in [-0.3, -0.25) is 14.5 Å². The molecule has 164 valence electrons. The predicted molar refractivity (Wildman–Crippen MR) is 120 cm³/mol. The SMILES string of the molecule is Cc1cccc(C(=O)NCC(=O)NC2CN(C3CCC(O)(c4ccccc4)CC3)C2)c1. The topological polar surface area (TPSA) is 81.7 Å². The molecule has 6 nitrogen and oxygen atoms in total. The summed E-state index contributed by atoms with van der Waals surface area (Å²) in [5.74, 6) is -0.394. The maximum absolute atomic E-state index is 12.2. The lowest BCUT2D eigenvalue weighted by Crippen LogP contribution is -2.63. The van der Waals surface area contributed by atoms with Crippen LogP contribution >= 0.6 is 0 Å². The number of hydrogen-bond donors (Lipinski definition) is 3. The van der Waals surface area contributed by atoms with Crippen molar-refractivity contribution in [3.8, 4) is 0 Å². The third-order valence-electron chi connectivity index (χ3n) is 6.57. The highest BCUT2D eigenvalue weighted by molar-refractivity contribution is 5.96. The molecule has 0 bridgehead atoms. The highest BCUT2D eigenvalue weighted by atomic mass is 16.3. The van der Waals surface area contributed by atoms with E-state index in [1.54, 1.807) is 12.1 Å². The minimum Gasteiger partial charge on any atom is -0.385 e. The van der Waals surface area contributed by atoms with Crippen molar-refractivity contribution in [3.05, 3.63) is 71.3 Å². The van der Waals surface area contributed by atoms with Crippen molar-refractivity contribution in [2.24, 2.45) is 0 Å². The third kappa shape index (κ3) is 5.14. The quantitative estimate of drug-likeness (QED) is 0.669. The number of nitrogens with zero attached hydrogens (tertiary/aromatic N) is 1. The summed E-state index contributed by atoms with van der Waals surface area (Å²) in [5.41, 5.74) is 1.87. The summed E-state index contributed by atoms with van der Waals surface area (Å²) in [5, 5.41) is 16.7. The van der Waals surface area contributed by atoms with Crippen LogP contribution in [0.3, 0.4) is 0 Å². The summed E-state index contributed by atoms with van der Waals surface area (Å²) in [6.07, 6.45) is 3.44. The Morgan fingerprint density at radius 1 is 1.06 bits per heavy atom. The smallest absolute Gasteiger partial charge is 0.251 e. The van der Waals surface area contributed by atoms with Crippen molar-refractivity contribution in [2.45, 2.75) is 50.3 Å². The monoisotopic (exact) mass is 421 g/mol. The van der Waals surface area contributed by atoms with Crippen LogP contribution in [0.5, 0.6) is 0 Å². The second kappa shape index (κ2) is 9.20. The number of rotatable bonds is 6. The summed E-state index contributed by atoms with van der Waals surface area (Å²) in [7, 11) is 0. The minimum absolute atomic E-state index is 0.0171. The van der Waals surface area contributed by atoms with Crippen LogP contribution in [0.15, 0.2) is 54.6 Å². The number of aliphatic hydroxyl groups is 1. The van der Waals surface area contributed by atoms with Crippen molar-refractivity contribution in [1.29, 1.82) is 0 Å². The van der Waals surface area contributed by atoms with E-state index in [9.17, 15) is 14.7 Å². The van der Waals surface area contributed by atoms with Crippen LogP contribution in [0.2, 0.25) is 0 Å². The maximum atomic E-state index is 12.2. The molecule has 2 aliphatic rings. The van der Waals surface area contributed by atoms with E-state index in [1.807, 2.05) is 49.4 Å². The van der Waals surface area contributed by atoms with E-state index >= 15 is 0 Å². The molecule has 0 atom stereocenters. The van der Waals surface area contributed by atoms with Crippen LogP contribution < -0.4 is 10.6 Å². The van der Waals surface area contributed by atoms with Gasteiger partial charge in [-0.25, -0.2) is 0 Å². The zero-order valence-corrected chi connectivity index (χ0v) is 18.0. The van der Waals surface area contributed by atoms with Gasteiger partial charge in [0.1, 0.15) is 0 Å². The molecule has 0 spiro atoms. The van der Waals surface area contributed by atoms with Crippen molar-refractivity contribution in [3.63, 3.8) is 0 Å². The van der Waals surface area contributed by atoms with Crippen LogP contribution in [-0.2, 0) is 10.4 Å². The van der Waals surface area contributed by atoms with Crippen molar-refractivity contribution in [2.75, 3.05) is 19.6 Å². The molecule has 2 aromatic rings. The second-order valence-corrected chi connectivity index (χ2v) is 8.90. The van der Waals surface area contributed by atoms with E-state index in [0.717, 1.165) is 49.9 Å². The van der Waals surface area contributed by atoms with Crippen LogP contribution in [0, 0.1) is 6.92 Å². The molecule has 1 saturated heterocycles. The summed E-state index contributed by atoms with van der Waals surface area (Å²) in [6.45, 7) is 3.56. The van der Waals surface area contributed by atoms with Gasteiger partial charge in [0.2, 0.25) is 5.91 Å². The first kappa shape index (κ1) is 21.5. The summed E-state index contributed by atoms with van der Waals surface area (Å²) in [4.78, 5) is 26.8. The molecule has 1 heterocycles. The Morgan fingerprint density at radius 2 is 1.77 bits per heavy atom. The van der Waals surface area contributed by atoms with E-state index in [0.29, 0.717) is 11.6 Å². The fraction of sp³-hybridized carbons (Fsp3) is 0.440. The molecule has 2 amide bonds. The first-order chi connectivity index (χ1) is 14.9. The fourth-order valence-electron chi connectivity index (χ4n) is 4.71. The van der Waals surface area contributed by atoms with E-state index in [4.69, 9.17) is 0 Å². The molecular weight excluding hydrogens is 390 g/mol. The highest BCUT2D eigenvalue weighted by Gasteiger charge is 2.40. The van der Waals surface area contributed by atoms with E-state index in [2.05, 4.69) is 15.5 Å². The minimum atomic E-state index is -0.717. The molecule has 2 aromatic carbocycles. The highest BCUT2D eigenvalue weighted by Crippen LogP contribution is 2.39. The van der Waals surface area contributed by atoms with Crippen molar-refractivity contribution >= 4 is 11.8 Å². The Morgan fingerprint density at radius 3 is 2.45 bits per heavy atom. The molecule has 0 radical (unpaired) electrons. The zero-order chi connectivity index (χ0) is 21.8. The molecule has 6 heteroatoms. The molecule has 2 fully saturated rings. The van der Waals surface area contributed by atoms with Gasteiger partial charge in [0.15, 0.2) is 0 Å². The summed E-state index contributed by atoms with van der Waals surface area (Å²) < 4.78 is 0. The van der Waals surface area contributed by atoms with Gasteiger partial charge < -0.3 is 15.7 Å². The predicted octanol–water partition coefficient (Wildman–Crippen LogP) is 2.36. The molecule has 4 rings (SSSR count). The average molecular weight is 422 g/mol. The number of aryl methyl sites for hydroxylation is 1. The van der Waals surface area contributed by atoms with E-state index in [1.165, 1.54) is 0 Å². The Kier molecular flexibility index (Phi) is 6.39. The van der Waals surface area contributed by atoms with Gasteiger partial charge in [0.05, 0.1) is 18.2 Å². The van der Waals surface area contributed by atoms with Crippen LogP contribution in [0.4, 0.5) is 0 Å². The molecular formula is C25H31N3O3. The third-order valence-corrected chi connectivity index (χ3v) is 6.57. The average Bonchev–Trinajstić information content (AvgIpc) is 2.76. The molecule has 0 aromatic heterocycles. The molecule has 0 unspecified atom stereocenters. The number of likely N-dealkylation sites (tertiary alicyclic amines) is 1. The lowest BCUT2D eigenvalue weighted by Gasteiger charge is -2.48. The van der Waals surface area contributed by atoms with Gasteiger partial charge in [-0.2, -0.15) is 0 Å². The molecule has 1 aliphatic heterocycles. The van der Waals surface area contributed by atoms with Crippen molar-refractivity contribution in [1.82, 2.24) is 15.5 Å². The van der Waals surface area contributed by atoms with Gasteiger partial charge in [-0.15, -0.1) is 0 Å². The number of carbonyl (C=O) groups is 2. The van der Waals surface area contributed by atoms with E-state index < -0.39 is 5.60 Å². The Balaban J connectivity index is 1.16. The molecule has 1 aliphatic carbocycles. The Labute approximate surface area is 183 Å². The standard InChI is InChI=1S/C25H31N3O3/c1-18-6-5-7-19(14-18)24(30)26-15-23(29)27-21-16-28(17-21)22-10-12-25(31,13-11-22)20-8-3-2-4-9-20/h2-9,14,21-22,31H,10-13,15-17H2,1H3,(H,26,30)(H,27,29). The van der Waals surface area contributed by atoms with Gasteiger partial charge in [0, 0.05) is 24.7 Å². The number of nitrogens with one attached hydrogen (secondary N) is 2. The molecule has 3 N–H and O–H groups in total. The van der Waals surface area contributed by atoms with Gasteiger partial charge in [-0.05, 0) is 50.3 Å². The Hall–Kier alpha value is -2.70.